The van der Waals surface area contributed by atoms with E-state index in [1.54, 1.807) is 0 Å². The molecule has 1 nitrogen and oxygen atoms in total. The first-order valence-electron chi connectivity index (χ1n) is 3.37. The van der Waals surface area contributed by atoms with Crippen LogP contribution in [0.4, 0.5) is 0 Å². The molecule has 0 fully saturated rings. The van der Waals surface area contributed by atoms with Gasteiger partial charge in [0.1, 0.15) is 0 Å². The van der Waals surface area contributed by atoms with Gasteiger partial charge in [0.2, 0.25) is 0 Å². The van der Waals surface area contributed by atoms with Crippen LogP contribution in [0.3, 0.4) is 0 Å². The minimum absolute atomic E-state index is 1.07. The monoisotopic (exact) mass is 249 g/mol. The third-order valence-electron chi connectivity index (χ3n) is 0.875. The van der Waals surface area contributed by atoms with E-state index in [1.807, 2.05) is 39.1 Å². The average Bonchev–Trinajstić information content (AvgIpc) is 2.00. The summed E-state index contributed by atoms with van der Waals surface area (Å²) in [5.74, 6) is 0. The quantitative estimate of drug-likeness (QED) is 0.644. The summed E-state index contributed by atoms with van der Waals surface area (Å²) in [6.45, 7) is 5.98. The predicted octanol–water partition coefficient (Wildman–Crippen LogP) is 3.02. The standard InChI is InChI=1S/C6H6IN.C2H6/c1-5-2-3-6(7)4-8-5;1-2/h2-4H,1H3;1-2H3. The van der Waals surface area contributed by atoms with Crippen molar-refractivity contribution in [2.45, 2.75) is 20.8 Å². The van der Waals surface area contributed by atoms with Gasteiger partial charge in [-0.2, -0.15) is 0 Å². The number of aromatic nitrogens is 1. The van der Waals surface area contributed by atoms with Crippen LogP contribution < -0.4 is 0 Å². The molecule has 0 radical (unpaired) electrons. The van der Waals surface area contributed by atoms with Crippen LogP contribution in [-0.4, -0.2) is 4.98 Å². The molecular weight excluding hydrogens is 237 g/mol. The van der Waals surface area contributed by atoms with Gasteiger partial charge in [-0.05, 0) is 41.6 Å². The van der Waals surface area contributed by atoms with Crippen molar-refractivity contribution in [3.8, 4) is 0 Å². The molecule has 0 aliphatic rings. The van der Waals surface area contributed by atoms with Crippen molar-refractivity contribution in [3.63, 3.8) is 0 Å². The molecule has 10 heavy (non-hydrogen) atoms. The zero-order chi connectivity index (χ0) is 7.98. The van der Waals surface area contributed by atoms with Gasteiger partial charge < -0.3 is 0 Å². The SMILES string of the molecule is CC.Cc1ccc(I)cn1. The first kappa shape index (κ1) is 9.88. The summed E-state index contributed by atoms with van der Waals surface area (Å²) in [5, 5.41) is 0. The first-order valence-corrected chi connectivity index (χ1v) is 4.45. The van der Waals surface area contributed by atoms with E-state index >= 15 is 0 Å². The zero-order valence-corrected chi connectivity index (χ0v) is 8.71. The third-order valence-corrected chi connectivity index (χ3v) is 1.51. The molecule has 2 heteroatoms. The average molecular weight is 249 g/mol. The normalized spacial score (nSPS) is 8.00. The van der Waals surface area contributed by atoms with Crippen LogP contribution in [0.2, 0.25) is 0 Å². The Balaban J connectivity index is 0.000000371. The van der Waals surface area contributed by atoms with Crippen LogP contribution in [0.15, 0.2) is 18.3 Å². The maximum atomic E-state index is 4.07. The van der Waals surface area contributed by atoms with Crippen molar-refractivity contribution in [2.24, 2.45) is 0 Å². The topological polar surface area (TPSA) is 12.9 Å². The Kier molecular flexibility index (Phi) is 5.58. The van der Waals surface area contributed by atoms with Crippen molar-refractivity contribution in [2.75, 3.05) is 0 Å². The van der Waals surface area contributed by atoms with Crippen molar-refractivity contribution < 1.29 is 0 Å². The number of rotatable bonds is 0. The van der Waals surface area contributed by atoms with Crippen LogP contribution in [0.1, 0.15) is 19.5 Å². The second kappa shape index (κ2) is 5.65. The maximum absolute atomic E-state index is 4.07. The minimum atomic E-state index is 1.07. The van der Waals surface area contributed by atoms with E-state index in [-0.39, 0.29) is 0 Å². The Hall–Kier alpha value is -0.120. The summed E-state index contributed by atoms with van der Waals surface area (Å²) >= 11 is 2.23. The lowest BCUT2D eigenvalue weighted by Crippen LogP contribution is -1.77. The summed E-state index contributed by atoms with van der Waals surface area (Å²) in [6, 6.07) is 4.05. The zero-order valence-electron chi connectivity index (χ0n) is 6.56. The van der Waals surface area contributed by atoms with E-state index in [1.165, 1.54) is 3.57 Å². The Morgan fingerprint density at radius 1 is 1.30 bits per heavy atom. The highest BCUT2D eigenvalue weighted by Crippen LogP contribution is 2.00. The summed E-state index contributed by atoms with van der Waals surface area (Å²) in [5.41, 5.74) is 1.07. The van der Waals surface area contributed by atoms with Crippen LogP contribution in [0.25, 0.3) is 0 Å². The molecule has 0 unspecified atom stereocenters. The fourth-order valence-electron chi connectivity index (χ4n) is 0.450. The second-order valence-corrected chi connectivity index (χ2v) is 2.86. The van der Waals surface area contributed by atoms with E-state index in [2.05, 4.69) is 27.6 Å². The highest BCUT2D eigenvalue weighted by atomic mass is 127. The van der Waals surface area contributed by atoms with Gasteiger partial charge in [0.15, 0.2) is 0 Å². The lowest BCUT2D eigenvalue weighted by molar-refractivity contribution is 1.19. The van der Waals surface area contributed by atoms with E-state index in [4.69, 9.17) is 0 Å². The van der Waals surface area contributed by atoms with Crippen LogP contribution in [-0.2, 0) is 0 Å². The number of aryl methyl sites for hydroxylation is 1. The molecule has 0 aliphatic carbocycles. The van der Waals surface area contributed by atoms with Crippen LogP contribution in [0.5, 0.6) is 0 Å². The van der Waals surface area contributed by atoms with Crippen molar-refractivity contribution in [1.29, 1.82) is 0 Å². The Morgan fingerprint density at radius 2 is 1.90 bits per heavy atom. The number of nitrogens with zero attached hydrogens (tertiary/aromatic N) is 1. The summed E-state index contributed by atoms with van der Waals surface area (Å²) in [6.07, 6.45) is 1.86. The molecule has 1 aromatic rings. The molecule has 0 N–H and O–H groups in total. The van der Waals surface area contributed by atoms with Gasteiger partial charge in [-0.3, -0.25) is 4.98 Å². The lowest BCUT2D eigenvalue weighted by atomic mass is 10.4. The van der Waals surface area contributed by atoms with E-state index < -0.39 is 0 Å². The van der Waals surface area contributed by atoms with E-state index in [0.29, 0.717) is 0 Å². The molecule has 1 aromatic heterocycles. The van der Waals surface area contributed by atoms with Gasteiger partial charge in [-0.15, -0.1) is 0 Å². The third kappa shape index (κ3) is 3.82. The Bertz CT molecular complexity index is 148. The summed E-state index contributed by atoms with van der Waals surface area (Å²) < 4.78 is 1.19. The second-order valence-electron chi connectivity index (χ2n) is 1.62. The van der Waals surface area contributed by atoms with Gasteiger partial charge in [-0.1, -0.05) is 13.8 Å². The van der Waals surface area contributed by atoms with Gasteiger partial charge in [0, 0.05) is 15.5 Å². The van der Waals surface area contributed by atoms with Crippen molar-refractivity contribution >= 4 is 22.6 Å². The highest BCUT2D eigenvalue weighted by Gasteiger charge is 1.82. The van der Waals surface area contributed by atoms with Gasteiger partial charge in [0.05, 0.1) is 0 Å². The maximum Gasteiger partial charge on any atom is 0.0404 e. The van der Waals surface area contributed by atoms with Crippen molar-refractivity contribution in [3.05, 3.63) is 27.6 Å². The number of hydrogen-bond acceptors (Lipinski definition) is 1. The summed E-state index contributed by atoms with van der Waals surface area (Å²) in [4.78, 5) is 4.07. The van der Waals surface area contributed by atoms with Gasteiger partial charge in [-0.25, -0.2) is 0 Å². The molecule has 0 atom stereocenters. The molecular formula is C8H12IN. The predicted molar refractivity (Wildman–Crippen MR) is 53.0 cm³/mol. The number of hydrogen-bond donors (Lipinski definition) is 0. The van der Waals surface area contributed by atoms with E-state index in [9.17, 15) is 0 Å². The number of pyridine rings is 1. The highest BCUT2D eigenvalue weighted by molar-refractivity contribution is 14.1. The Morgan fingerprint density at radius 3 is 2.20 bits per heavy atom. The fourth-order valence-corrected chi connectivity index (χ4v) is 0.769. The fraction of sp³-hybridized carbons (Fsp3) is 0.375. The Labute approximate surface area is 76.0 Å². The molecule has 0 aromatic carbocycles. The molecule has 56 valence electrons. The van der Waals surface area contributed by atoms with Crippen molar-refractivity contribution in [1.82, 2.24) is 4.98 Å². The molecule has 0 saturated heterocycles. The number of halogens is 1. The lowest BCUT2D eigenvalue weighted by Gasteiger charge is -1.87. The molecule has 0 saturated carbocycles. The molecule has 0 bridgehead atoms. The minimum Gasteiger partial charge on any atom is -0.261 e. The van der Waals surface area contributed by atoms with E-state index in [0.717, 1.165) is 5.69 Å². The van der Waals surface area contributed by atoms with Crippen LogP contribution >= 0.6 is 22.6 Å². The van der Waals surface area contributed by atoms with Gasteiger partial charge in [0.25, 0.3) is 0 Å². The van der Waals surface area contributed by atoms with Gasteiger partial charge >= 0.3 is 0 Å². The molecule has 1 rings (SSSR count). The largest absolute Gasteiger partial charge is 0.261 e. The first-order chi connectivity index (χ1) is 4.79. The smallest absolute Gasteiger partial charge is 0.0404 e. The molecule has 1 heterocycles. The summed E-state index contributed by atoms with van der Waals surface area (Å²) in [7, 11) is 0. The molecule has 0 spiro atoms. The molecule has 0 aliphatic heterocycles. The van der Waals surface area contributed by atoms with Crippen LogP contribution in [0, 0.1) is 10.5 Å². The molecule has 0 amide bonds.